The van der Waals surface area contributed by atoms with Gasteiger partial charge in [0, 0.05) is 12.2 Å². The number of nitrogens with two attached hydrogens (primary N) is 1. The Hall–Kier alpha value is -1.75. The summed E-state index contributed by atoms with van der Waals surface area (Å²) in [5.74, 6) is 2.01. The van der Waals surface area contributed by atoms with Crippen LogP contribution in [0.3, 0.4) is 0 Å². The van der Waals surface area contributed by atoms with E-state index < -0.39 is 0 Å². The highest BCUT2D eigenvalue weighted by Gasteiger charge is 2.18. The Labute approximate surface area is 146 Å². The topological polar surface area (TPSA) is 62.9 Å². The zero-order valence-corrected chi connectivity index (χ0v) is 15.3. The summed E-state index contributed by atoms with van der Waals surface area (Å²) in [6, 6.07) is 7.81. The van der Waals surface area contributed by atoms with Gasteiger partial charge in [-0.1, -0.05) is 6.92 Å². The highest BCUT2D eigenvalue weighted by atomic mass is 16.5. The maximum atomic E-state index is 6.01. The molecule has 1 saturated heterocycles. The van der Waals surface area contributed by atoms with Crippen molar-refractivity contribution in [3.63, 3.8) is 0 Å². The first kappa shape index (κ1) is 18.6. The molecule has 0 unspecified atom stereocenters. The van der Waals surface area contributed by atoms with Crippen molar-refractivity contribution in [2.45, 2.75) is 46.1 Å². The van der Waals surface area contributed by atoms with Crippen LogP contribution in [-0.2, 0) is 0 Å². The Morgan fingerprint density at radius 2 is 1.96 bits per heavy atom. The molecule has 5 nitrogen and oxygen atoms in total. The van der Waals surface area contributed by atoms with Crippen molar-refractivity contribution < 1.29 is 4.74 Å². The number of guanidine groups is 1. The first-order valence-corrected chi connectivity index (χ1v) is 9.12. The number of ether oxygens (including phenoxy) is 1. The number of benzene rings is 1. The molecule has 3 N–H and O–H groups in total. The summed E-state index contributed by atoms with van der Waals surface area (Å²) < 4.78 is 5.63. The largest absolute Gasteiger partial charge is 0.491 e. The molecule has 1 aliphatic rings. The molecule has 1 aromatic carbocycles. The minimum absolute atomic E-state index is 0.180. The van der Waals surface area contributed by atoms with Crippen molar-refractivity contribution in [2.75, 3.05) is 31.5 Å². The number of piperidine rings is 1. The number of likely N-dealkylation sites (tertiary alicyclic amines) is 1. The van der Waals surface area contributed by atoms with Crippen molar-refractivity contribution in [3.05, 3.63) is 24.3 Å². The molecule has 0 radical (unpaired) electrons. The Balaban J connectivity index is 1.75. The van der Waals surface area contributed by atoms with Crippen molar-refractivity contribution in [1.29, 1.82) is 0 Å². The lowest BCUT2D eigenvalue weighted by molar-refractivity contribution is 0.188. The molecule has 1 aliphatic heterocycles. The maximum absolute atomic E-state index is 6.01. The Bertz CT molecular complexity index is 505. The second-order valence-electron chi connectivity index (χ2n) is 6.83. The zero-order chi connectivity index (χ0) is 17.4. The van der Waals surface area contributed by atoms with Gasteiger partial charge in [0.15, 0.2) is 5.96 Å². The van der Waals surface area contributed by atoms with Gasteiger partial charge in [0.2, 0.25) is 0 Å². The molecule has 0 spiro atoms. The third kappa shape index (κ3) is 6.40. The van der Waals surface area contributed by atoms with Crippen molar-refractivity contribution >= 4 is 11.6 Å². The summed E-state index contributed by atoms with van der Waals surface area (Å²) in [4.78, 5) is 7.06. The van der Waals surface area contributed by atoms with E-state index in [0.29, 0.717) is 11.9 Å². The van der Waals surface area contributed by atoms with Crippen LogP contribution < -0.4 is 15.8 Å². The molecule has 1 fully saturated rings. The standard InChI is InChI=1S/C19H32N4O/c1-4-11-23-12-9-16(10-13-23)14-21-19(20)22-17-5-7-18(8-6-17)24-15(2)3/h5-8,15-16H,4,9-14H2,1-3H3,(H3,20,21,22). The fourth-order valence-corrected chi connectivity index (χ4v) is 3.01. The molecule has 1 heterocycles. The fourth-order valence-electron chi connectivity index (χ4n) is 3.01. The molecular weight excluding hydrogens is 300 g/mol. The van der Waals surface area contributed by atoms with Crippen LogP contribution in [0.1, 0.15) is 40.0 Å². The molecule has 5 heteroatoms. The summed E-state index contributed by atoms with van der Waals surface area (Å²) >= 11 is 0. The molecule has 0 bridgehead atoms. The number of nitrogens with one attached hydrogen (secondary N) is 1. The molecule has 0 atom stereocenters. The predicted octanol–water partition coefficient (Wildman–Crippen LogP) is 3.32. The maximum Gasteiger partial charge on any atom is 0.193 e. The van der Waals surface area contributed by atoms with E-state index in [9.17, 15) is 0 Å². The molecule has 0 aromatic heterocycles. The number of nitrogens with zero attached hydrogens (tertiary/aromatic N) is 2. The van der Waals surface area contributed by atoms with Gasteiger partial charge in [-0.2, -0.15) is 0 Å². The molecule has 2 rings (SSSR count). The molecule has 0 amide bonds. The SMILES string of the molecule is CCCN1CCC(CN=C(N)Nc2ccc(OC(C)C)cc2)CC1. The Morgan fingerprint density at radius 1 is 1.29 bits per heavy atom. The van der Waals surface area contributed by atoms with Crippen molar-refractivity contribution in [1.82, 2.24) is 4.90 Å². The quantitative estimate of drug-likeness (QED) is 0.594. The van der Waals surface area contributed by atoms with E-state index in [1.54, 1.807) is 0 Å². The van der Waals surface area contributed by atoms with Crippen LogP contribution in [0.5, 0.6) is 5.75 Å². The summed E-state index contributed by atoms with van der Waals surface area (Å²) in [5, 5.41) is 3.15. The second-order valence-corrected chi connectivity index (χ2v) is 6.83. The van der Waals surface area contributed by atoms with E-state index in [2.05, 4.69) is 22.1 Å². The lowest BCUT2D eigenvalue weighted by atomic mass is 9.97. The summed E-state index contributed by atoms with van der Waals surface area (Å²) in [5.41, 5.74) is 6.95. The number of hydrogen-bond acceptors (Lipinski definition) is 3. The van der Waals surface area contributed by atoms with E-state index in [1.165, 1.54) is 38.9 Å². The highest BCUT2D eigenvalue weighted by Crippen LogP contribution is 2.18. The van der Waals surface area contributed by atoms with E-state index in [-0.39, 0.29) is 6.10 Å². The highest BCUT2D eigenvalue weighted by molar-refractivity contribution is 5.92. The summed E-state index contributed by atoms with van der Waals surface area (Å²) in [6.07, 6.45) is 3.86. The van der Waals surface area contributed by atoms with Crippen LogP contribution in [0.4, 0.5) is 5.69 Å². The molecule has 0 aliphatic carbocycles. The Morgan fingerprint density at radius 3 is 2.54 bits per heavy atom. The minimum atomic E-state index is 0.180. The first-order valence-electron chi connectivity index (χ1n) is 9.12. The van der Waals surface area contributed by atoms with Gasteiger partial charge in [-0.25, -0.2) is 0 Å². The second kappa shape index (κ2) is 9.52. The van der Waals surface area contributed by atoms with Crippen molar-refractivity contribution in [2.24, 2.45) is 16.6 Å². The number of hydrogen-bond donors (Lipinski definition) is 2. The van der Waals surface area contributed by atoms with E-state index >= 15 is 0 Å². The monoisotopic (exact) mass is 332 g/mol. The van der Waals surface area contributed by atoms with Gasteiger partial charge in [0.1, 0.15) is 5.75 Å². The molecule has 1 aromatic rings. The third-order valence-corrected chi connectivity index (χ3v) is 4.27. The van der Waals surface area contributed by atoms with Crippen LogP contribution in [0, 0.1) is 5.92 Å². The van der Waals surface area contributed by atoms with Gasteiger partial charge < -0.3 is 20.7 Å². The Kier molecular flexibility index (Phi) is 7.37. The normalized spacial score (nSPS) is 17.2. The minimum Gasteiger partial charge on any atom is -0.491 e. The van der Waals surface area contributed by atoms with Crippen LogP contribution >= 0.6 is 0 Å². The molecule has 0 saturated carbocycles. The van der Waals surface area contributed by atoms with Gasteiger partial charge in [0.25, 0.3) is 0 Å². The van der Waals surface area contributed by atoms with Crippen molar-refractivity contribution in [3.8, 4) is 5.75 Å². The lowest BCUT2D eigenvalue weighted by Gasteiger charge is -2.30. The van der Waals surface area contributed by atoms with Crippen LogP contribution in [-0.4, -0.2) is 43.1 Å². The molecule has 24 heavy (non-hydrogen) atoms. The fraction of sp³-hybridized carbons (Fsp3) is 0.632. The number of aliphatic imine (C=N–C) groups is 1. The van der Waals surface area contributed by atoms with E-state index in [4.69, 9.17) is 10.5 Å². The summed E-state index contributed by atoms with van der Waals surface area (Å²) in [7, 11) is 0. The third-order valence-electron chi connectivity index (χ3n) is 4.27. The zero-order valence-electron chi connectivity index (χ0n) is 15.3. The van der Waals surface area contributed by atoms with E-state index in [0.717, 1.165) is 18.0 Å². The van der Waals surface area contributed by atoms with Gasteiger partial charge >= 0.3 is 0 Å². The average Bonchev–Trinajstić information content (AvgIpc) is 2.56. The van der Waals surface area contributed by atoms with Gasteiger partial charge in [0.05, 0.1) is 6.10 Å². The van der Waals surface area contributed by atoms with E-state index in [1.807, 2.05) is 38.1 Å². The lowest BCUT2D eigenvalue weighted by Crippen LogP contribution is -2.35. The smallest absolute Gasteiger partial charge is 0.193 e. The van der Waals surface area contributed by atoms with Gasteiger partial charge in [-0.3, -0.25) is 4.99 Å². The van der Waals surface area contributed by atoms with Crippen LogP contribution in [0.25, 0.3) is 0 Å². The van der Waals surface area contributed by atoms with Gasteiger partial charge in [-0.05, 0) is 82.9 Å². The predicted molar refractivity (Wildman–Crippen MR) is 102 cm³/mol. The molecular formula is C19H32N4O. The van der Waals surface area contributed by atoms with Crippen LogP contribution in [0.15, 0.2) is 29.3 Å². The average molecular weight is 332 g/mol. The molecule has 134 valence electrons. The number of rotatable bonds is 7. The number of anilines is 1. The van der Waals surface area contributed by atoms with Gasteiger partial charge in [-0.15, -0.1) is 0 Å². The first-order chi connectivity index (χ1) is 11.6. The van der Waals surface area contributed by atoms with Crippen LogP contribution in [0.2, 0.25) is 0 Å². The summed E-state index contributed by atoms with van der Waals surface area (Å²) in [6.45, 7) is 10.7.